The SMILES string of the molecule is [Fe].c1ccc(C2CCc3ccccc3O2)cc1. The van der Waals surface area contributed by atoms with Crippen LogP contribution in [0.4, 0.5) is 0 Å². The zero-order valence-electron chi connectivity index (χ0n) is 9.45. The van der Waals surface area contributed by atoms with E-state index in [1.807, 2.05) is 12.1 Å². The maximum absolute atomic E-state index is 6.02. The Kier molecular flexibility index (Phi) is 3.88. The monoisotopic (exact) mass is 266 g/mol. The van der Waals surface area contributed by atoms with Gasteiger partial charge in [-0.15, -0.1) is 0 Å². The molecule has 1 aliphatic rings. The van der Waals surface area contributed by atoms with Gasteiger partial charge in [0.05, 0.1) is 0 Å². The van der Waals surface area contributed by atoms with Crippen LogP contribution in [0.2, 0.25) is 0 Å². The molecule has 0 amide bonds. The van der Waals surface area contributed by atoms with Gasteiger partial charge in [-0.05, 0) is 30.0 Å². The van der Waals surface area contributed by atoms with E-state index in [0.717, 1.165) is 18.6 Å². The van der Waals surface area contributed by atoms with Gasteiger partial charge in [-0.3, -0.25) is 0 Å². The number of aryl methyl sites for hydroxylation is 1. The van der Waals surface area contributed by atoms with E-state index in [9.17, 15) is 0 Å². The van der Waals surface area contributed by atoms with Gasteiger partial charge in [0.25, 0.3) is 0 Å². The van der Waals surface area contributed by atoms with E-state index in [-0.39, 0.29) is 23.2 Å². The summed E-state index contributed by atoms with van der Waals surface area (Å²) in [5, 5.41) is 0. The second-order valence-corrected chi connectivity index (χ2v) is 4.16. The Bertz CT molecular complexity index is 481. The first kappa shape index (κ1) is 12.2. The summed E-state index contributed by atoms with van der Waals surface area (Å²) in [6.45, 7) is 0. The van der Waals surface area contributed by atoms with Gasteiger partial charge in [0.1, 0.15) is 11.9 Å². The Morgan fingerprint density at radius 2 is 1.59 bits per heavy atom. The molecule has 0 saturated heterocycles. The number of rotatable bonds is 1. The fourth-order valence-corrected chi connectivity index (χ4v) is 2.23. The maximum atomic E-state index is 6.02. The minimum atomic E-state index is 0. The van der Waals surface area contributed by atoms with Crippen molar-refractivity contribution in [3.8, 4) is 5.75 Å². The third-order valence-corrected chi connectivity index (χ3v) is 3.09. The van der Waals surface area contributed by atoms with E-state index in [1.165, 1.54) is 11.1 Å². The molecule has 17 heavy (non-hydrogen) atoms. The molecular weight excluding hydrogens is 252 g/mol. The summed E-state index contributed by atoms with van der Waals surface area (Å²) in [4.78, 5) is 0. The summed E-state index contributed by atoms with van der Waals surface area (Å²) >= 11 is 0. The molecule has 0 fully saturated rings. The molecule has 0 spiro atoms. The molecule has 1 aliphatic heterocycles. The smallest absolute Gasteiger partial charge is 0.124 e. The predicted molar refractivity (Wildman–Crippen MR) is 64.6 cm³/mol. The van der Waals surface area contributed by atoms with Crippen molar-refractivity contribution in [3.63, 3.8) is 0 Å². The van der Waals surface area contributed by atoms with Gasteiger partial charge >= 0.3 is 0 Å². The average Bonchev–Trinajstić information content (AvgIpc) is 2.39. The molecule has 2 aromatic carbocycles. The largest absolute Gasteiger partial charge is 0.485 e. The van der Waals surface area contributed by atoms with Crippen LogP contribution in [0.3, 0.4) is 0 Å². The van der Waals surface area contributed by atoms with Crippen molar-refractivity contribution < 1.29 is 21.8 Å². The molecule has 1 heterocycles. The van der Waals surface area contributed by atoms with Gasteiger partial charge in [0.2, 0.25) is 0 Å². The number of ether oxygens (including phenoxy) is 1. The van der Waals surface area contributed by atoms with Crippen LogP contribution in [0, 0.1) is 0 Å². The van der Waals surface area contributed by atoms with Gasteiger partial charge in [0.15, 0.2) is 0 Å². The Balaban J connectivity index is 0.00000108. The van der Waals surface area contributed by atoms with Crippen molar-refractivity contribution in [2.24, 2.45) is 0 Å². The number of fused-ring (bicyclic) bond motifs is 1. The molecule has 1 nitrogen and oxygen atoms in total. The molecule has 88 valence electrons. The van der Waals surface area contributed by atoms with Crippen LogP contribution in [0.15, 0.2) is 54.6 Å². The Morgan fingerprint density at radius 1 is 0.882 bits per heavy atom. The van der Waals surface area contributed by atoms with Gasteiger partial charge in [0, 0.05) is 17.1 Å². The average molecular weight is 266 g/mol. The van der Waals surface area contributed by atoms with E-state index in [4.69, 9.17) is 4.74 Å². The maximum Gasteiger partial charge on any atom is 0.124 e. The van der Waals surface area contributed by atoms with Gasteiger partial charge in [-0.25, -0.2) is 0 Å². The molecule has 1 atom stereocenters. The van der Waals surface area contributed by atoms with Crippen molar-refractivity contribution in [2.75, 3.05) is 0 Å². The Hall–Kier alpha value is -1.24. The van der Waals surface area contributed by atoms with Gasteiger partial charge < -0.3 is 4.74 Å². The molecule has 0 aromatic heterocycles. The number of hydrogen-bond donors (Lipinski definition) is 0. The van der Waals surface area contributed by atoms with Crippen molar-refractivity contribution in [1.82, 2.24) is 0 Å². The first-order valence-corrected chi connectivity index (χ1v) is 5.73. The minimum Gasteiger partial charge on any atom is -0.485 e. The van der Waals surface area contributed by atoms with Gasteiger partial charge in [-0.2, -0.15) is 0 Å². The van der Waals surface area contributed by atoms with Crippen LogP contribution < -0.4 is 4.74 Å². The molecule has 0 N–H and O–H groups in total. The summed E-state index contributed by atoms with van der Waals surface area (Å²) in [7, 11) is 0. The predicted octanol–water partition coefficient (Wildman–Crippen LogP) is 3.75. The molecule has 2 heteroatoms. The Labute approximate surface area is 112 Å². The van der Waals surface area contributed by atoms with Crippen molar-refractivity contribution in [1.29, 1.82) is 0 Å². The summed E-state index contributed by atoms with van der Waals surface area (Å²) in [6.07, 6.45) is 2.40. The molecular formula is C15H14FeO. The molecule has 0 radical (unpaired) electrons. The van der Waals surface area contributed by atoms with E-state index >= 15 is 0 Å². The standard InChI is InChI=1S/C15H14O.Fe/c1-2-6-12(7-3-1)15-11-10-13-8-4-5-9-14(13)16-15;/h1-9,15H,10-11H2;. The summed E-state index contributed by atoms with van der Waals surface area (Å²) in [6, 6.07) is 18.8. The van der Waals surface area contributed by atoms with E-state index in [0.29, 0.717) is 0 Å². The summed E-state index contributed by atoms with van der Waals surface area (Å²) in [5.41, 5.74) is 2.60. The van der Waals surface area contributed by atoms with Crippen LogP contribution in [0.25, 0.3) is 0 Å². The molecule has 0 saturated carbocycles. The van der Waals surface area contributed by atoms with Crippen molar-refractivity contribution in [2.45, 2.75) is 18.9 Å². The number of benzene rings is 2. The zero-order valence-corrected chi connectivity index (χ0v) is 10.6. The zero-order chi connectivity index (χ0) is 10.8. The van der Waals surface area contributed by atoms with Crippen LogP contribution in [0.5, 0.6) is 5.75 Å². The number of hydrogen-bond acceptors (Lipinski definition) is 1. The van der Waals surface area contributed by atoms with E-state index < -0.39 is 0 Å². The van der Waals surface area contributed by atoms with Crippen LogP contribution in [0.1, 0.15) is 23.7 Å². The van der Waals surface area contributed by atoms with Gasteiger partial charge in [-0.1, -0.05) is 48.5 Å². The van der Waals surface area contributed by atoms with Crippen LogP contribution in [-0.4, -0.2) is 0 Å². The van der Waals surface area contributed by atoms with Crippen LogP contribution in [-0.2, 0) is 23.5 Å². The number of para-hydroxylation sites is 1. The molecule has 2 aromatic rings. The first-order valence-electron chi connectivity index (χ1n) is 5.73. The molecule has 3 rings (SSSR count). The van der Waals surface area contributed by atoms with E-state index in [2.05, 4.69) is 42.5 Å². The third kappa shape index (κ3) is 2.54. The quantitative estimate of drug-likeness (QED) is 0.714. The second kappa shape index (κ2) is 5.39. The fraction of sp³-hybridized carbons (Fsp3) is 0.200. The molecule has 1 unspecified atom stereocenters. The van der Waals surface area contributed by atoms with Crippen molar-refractivity contribution >= 4 is 0 Å². The third-order valence-electron chi connectivity index (χ3n) is 3.09. The summed E-state index contributed by atoms with van der Waals surface area (Å²) in [5.74, 6) is 1.04. The minimum absolute atomic E-state index is 0. The van der Waals surface area contributed by atoms with Crippen molar-refractivity contribution in [3.05, 3.63) is 65.7 Å². The molecule has 0 aliphatic carbocycles. The molecule has 0 bridgehead atoms. The van der Waals surface area contributed by atoms with Crippen LogP contribution >= 0.6 is 0 Å². The Morgan fingerprint density at radius 3 is 2.41 bits per heavy atom. The topological polar surface area (TPSA) is 9.23 Å². The fourth-order valence-electron chi connectivity index (χ4n) is 2.23. The normalized spacial score (nSPS) is 17.5. The summed E-state index contributed by atoms with van der Waals surface area (Å²) < 4.78 is 6.02. The first-order chi connectivity index (χ1) is 7.93. The second-order valence-electron chi connectivity index (χ2n) is 4.16. The van der Waals surface area contributed by atoms with E-state index in [1.54, 1.807) is 0 Å².